The molecule has 0 amide bonds. The van der Waals surface area contributed by atoms with Crippen LogP contribution in [-0.2, 0) is 5.41 Å². The number of imidazole rings is 1. The van der Waals surface area contributed by atoms with Crippen LogP contribution in [-0.4, -0.2) is 14.1 Å². The van der Waals surface area contributed by atoms with Gasteiger partial charge >= 0.3 is 0 Å². The Bertz CT molecular complexity index is 3020. The normalized spacial score (nSPS) is 11.8. The fraction of sp³-hybridized carbons (Fsp3) is 0.0769. The van der Waals surface area contributed by atoms with Crippen LogP contribution in [0.5, 0.6) is 11.5 Å². The van der Waals surface area contributed by atoms with E-state index in [1.54, 1.807) is 0 Å². The van der Waals surface area contributed by atoms with E-state index in [9.17, 15) is 0 Å². The molecule has 0 saturated heterocycles. The zero-order valence-corrected chi connectivity index (χ0v) is 32.2. The van der Waals surface area contributed by atoms with Gasteiger partial charge in [0, 0.05) is 40.2 Å². The molecule has 7 aromatic carbocycles. The summed E-state index contributed by atoms with van der Waals surface area (Å²) < 4.78 is 13.6. The van der Waals surface area contributed by atoms with Crippen molar-refractivity contribution in [1.82, 2.24) is 14.1 Å². The van der Waals surface area contributed by atoms with Gasteiger partial charge in [0.1, 0.15) is 28.7 Å². The van der Waals surface area contributed by atoms with Crippen molar-refractivity contribution in [1.29, 1.82) is 0 Å². The Labute approximate surface area is 332 Å². The van der Waals surface area contributed by atoms with Gasteiger partial charge < -0.3 is 4.74 Å². The molecule has 0 fully saturated rings. The van der Waals surface area contributed by atoms with Crippen LogP contribution in [0, 0.1) is 0 Å². The maximum Gasteiger partial charge on any atom is 0.255 e. The highest BCUT2D eigenvalue weighted by Gasteiger charge is 2.25. The second kappa shape index (κ2) is 13.8. The Morgan fingerprint density at radius 3 is 1.89 bits per heavy atom. The third-order valence-corrected chi connectivity index (χ3v) is 10.9. The number of rotatable bonds is 7. The van der Waals surface area contributed by atoms with Crippen molar-refractivity contribution < 1.29 is 9.30 Å². The van der Waals surface area contributed by atoms with Gasteiger partial charge in [-0.25, -0.2) is 4.98 Å². The van der Waals surface area contributed by atoms with E-state index in [1.807, 2.05) is 12.3 Å². The summed E-state index contributed by atoms with van der Waals surface area (Å²) in [5.74, 6) is 2.40. The molecule has 0 unspecified atom stereocenters. The molecule has 0 spiro atoms. The quantitative estimate of drug-likeness (QED) is 0.153. The predicted octanol–water partition coefficient (Wildman–Crippen LogP) is 12.8. The average Bonchev–Trinajstić information content (AvgIpc) is 3.80. The molecule has 0 aliphatic carbocycles. The fourth-order valence-corrected chi connectivity index (χ4v) is 8.10. The topological polar surface area (TPSA) is 35.9 Å². The Kier molecular flexibility index (Phi) is 8.30. The number of fused-ring (bicyclic) bond motifs is 4. The van der Waals surface area contributed by atoms with Crippen LogP contribution in [0.2, 0.25) is 0 Å². The highest BCUT2D eigenvalue weighted by Crippen LogP contribution is 2.38. The maximum atomic E-state index is 6.72. The van der Waals surface area contributed by atoms with Gasteiger partial charge in [0.15, 0.2) is 11.0 Å². The molecule has 0 radical (unpaired) electrons. The molecule has 274 valence electrons. The van der Waals surface area contributed by atoms with Gasteiger partial charge in [-0.15, -0.1) is 0 Å². The van der Waals surface area contributed by atoms with E-state index in [4.69, 9.17) is 9.72 Å². The lowest BCUT2D eigenvalue weighted by Crippen LogP contribution is -2.28. The van der Waals surface area contributed by atoms with Crippen LogP contribution in [0.1, 0.15) is 26.3 Å². The zero-order chi connectivity index (χ0) is 38.5. The van der Waals surface area contributed by atoms with Crippen molar-refractivity contribution in [2.45, 2.75) is 26.2 Å². The molecule has 0 aliphatic rings. The van der Waals surface area contributed by atoms with Gasteiger partial charge in [0.2, 0.25) is 0 Å². The van der Waals surface area contributed by atoms with Gasteiger partial charge in [0.05, 0.1) is 11.0 Å². The first-order valence-corrected chi connectivity index (χ1v) is 19.5. The summed E-state index contributed by atoms with van der Waals surface area (Å²) in [7, 11) is 0. The summed E-state index contributed by atoms with van der Waals surface area (Å²) in [5, 5.41) is 2.34. The number of pyridine rings is 1. The van der Waals surface area contributed by atoms with Crippen molar-refractivity contribution >= 4 is 32.8 Å². The second-order valence-corrected chi connectivity index (χ2v) is 15.6. The maximum absolute atomic E-state index is 6.72. The summed E-state index contributed by atoms with van der Waals surface area (Å²) in [5.41, 5.74) is 12.4. The minimum Gasteiger partial charge on any atom is -0.457 e. The van der Waals surface area contributed by atoms with E-state index in [0.29, 0.717) is 0 Å². The molecular formula is C52H41N4O+. The van der Waals surface area contributed by atoms with Crippen molar-refractivity contribution in [2.24, 2.45) is 0 Å². The first kappa shape index (κ1) is 34.3. The molecule has 5 nitrogen and oxygen atoms in total. The molecule has 10 aromatic rings. The third kappa shape index (κ3) is 6.14. The number of nitrogens with zero attached hydrogens (tertiary/aromatic N) is 4. The molecule has 57 heavy (non-hydrogen) atoms. The zero-order valence-electron chi connectivity index (χ0n) is 32.2. The monoisotopic (exact) mass is 737 g/mol. The summed E-state index contributed by atoms with van der Waals surface area (Å²) in [4.78, 5) is 4.87. The van der Waals surface area contributed by atoms with E-state index in [2.05, 4.69) is 217 Å². The number of para-hydroxylation sites is 4. The van der Waals surface area contributed by atoms with Crippen molar-refractivity contribution in [2.75, 3.05) is 0 Å². The molecule has 0 atom stereocenters. The van der Waals surface area contributed by atoms with Crippen LogP contribution in [0.3, 0.4) is 0 Å². The number of hydrogen-bond acceptors (Lipinski definition) is 2. The smallest absolute Gasteiger partial charge is 0.255 e. The molecule has 10 rings (SSSR count). The summed E-state index contributed by atoms with van der Waals surface area (Å²) in [6, 6.07) is 64.0. The van der Waals surface area contributed by atoms with Crippen molar-refractivity contribution in [3.63, 3.8) is 0 Å². The molecule has 0 N–H and O–H groups in total. The number of hydrogen-bond donors (Lipinski definition) is 0. The second-order valence-electron chi connectivity index (χ2n) is 15.6. The van der Waals surface area contributed by atoms with Crippen molar-refractivity contribution in [3.8, 4) is 50.9 Å². The van der Waals surface area contributed by atoms with E-state index in [-0.39, 0.29) is 5.41 Å². The first-order valence-electron chi connectivity index (χ1n) is 19.5. The SMILES string of the molecule is CC(C)(C)c1ccnc(-n2c3ccccc3c3ccc(Oc4cccc(-[n+]5cn(-c6c(-c7ccccc7)cccc6-c6ccccc6)c6ccccc65)c4)cc32)c1. The highest BCUT2D eigenvalue weighted by atomic mass is 16.5. The van der Waals surface area contributed by atoms with E-state index >= 15 is 0 Å². The lowest BCUT2D eigenvalue weighted by atomic mass is 9.88. The van der Waals surface area contributed by atoms with E-state index < -0.39 is 0 Å². The molecule has 0 aliphatic heterocycles. The molecule has 3 aromatic heterocycles. The van der Waals surface area contributed by atoms with Crippen LogP contribution in [0.25, 0.3) is 72.3 Å². The van der Waals surface area contributed by atoms with Crippen LogP contribution < -0.4 is 9.30 Å². The summed E-state index contributed by atoms with van der Waals surface area (Å²) in [6.07, 6.45) is 4.13. The lowest BCUT2D eigenvalue weighted by molar-refractivity contribution is -0.567. The molecule has 3 heterocycles. The Balaban J connectivity index is 1.08. The van der Waals surface area contributed by atoms with Crippen LogP contribution in [0.15, 0.2) is 195 Å². The fourth-order valence-electron chi connectivity index (χ4n) is 8.10. The molecular weight excluding hydrogens is 697 g/mol. The number of benzene rings is 7. The average molecular weight is 738 g/mol. The van der Waals surface area contributed by atoms with Gasteiger partial charge in [-0.3, -0.25) is 4.57 Å². The Morgan fingerprint density at radius 2 is 1.16 bits per heavy atom. The summed E-state index contributed by atoms with van der Waals surface area (Å²) >= 11 is 0. The van der Waals surface area contributed by atoms with Crippen molar-refractivity contribution in [3.05, 3.63) is 200 Å². The van der Waals surface area contributed by atoms with E-state index in [1.165, 1.54) is 22.1 Å². The van der Waals surface area contributed by atoms with Crippen LogP contribution in [0.4, 0.5) is 0 Å². The molecule has 5 heteroatoms. The standard InChI is InChI=1S/C52H41N4O/c1-52(2,3)38-30-31-53-50(32-38)56-46-25-11-10-22-44(46)45-29-28-41(34-49(45)56)57-40-21-14-20-39(33-40)54-35-55(48-27-13-12-26-47(48)54)51-42(36-16-6-4-7-17-36)23-15-24-43(51)37-18-8-5-9-19-37/h4-35H,1-3H3/q+1. The number of aromatic nitrogens is 4. The minimum absolute atomic E-state index is 0.00445. The van der Waals surface area contributed by atoms with Gasteiger partial charge in [0.25, 0.3) is 6.33 Å². The molecule has 0 bridgehead atoms. The predicted molar refractivity (Wildman–Crippen MR) is 233 cm³/mol. The highest BCUT2D eigenvalue weighted by molar-refractivity contribution is 6.09. The van der Waals surface area contributed by atoms with Gasteiger partial charge in [-0.1, -0.05) is 136 Å². The summed E-state index contributed by atoms with van der Waals surface area (Å²) in [6.45, 7) is 6.71. The lowest BCUT2D eigenvalue weighted by Gasteiger charge is -2.20. The molecule has 0 saturated carbocycles. The Hall–Kier alpha value is -7.24. The van der Waals surface area contributed by atoms with E-state index in [0.717, 1.165) is 67.3 Å². The van der Waals surface area contributed by atoms with Gasteiger partial charge in [-0.2, -0.15) is 9.13 Å². The first-order chi connectivity index (χ1) is 27.9. The van der Waals surface area contributed by atoms with Gasteiger partial charge in [-0.05, 0) is 76.7 Å². The number of ether oxygens (including phenoxy) is 1. The Morgan fingerprint density at radius 1 is 0.526 bits per heavy atom. The largest absolute Gasteiger partial charge is 0.457 e. The third-order valence-electron chi connectivity index (χ3n) is 10.9. The minimum atomic E-state index is -0.00445. The van der Waals surface area contributed by atoms with Crippen LogP contribution >= 0.6 is 0 Å².